The lowest BCUT2D eigenvalue weighted by Crippen LogP contribution is -2.42. The average molecular weight is 482 g/mol. The molecule has 1 atom stereocenters. The first-order valence-corrected chi connectivity index (χ1v) is 11.6. The van der Waals surface area contributed by atoms with Gasteiger partial charge in [-0.15, -0.1) is 0 Å². The van der Waals surface area contributed by atoms with Crippen molar-refractivity contribution in [2.45, 2.75) is 57.9 Å². The van der Waals surface area contributed by atoms with Crippen LogP contribution in [0.15, 0.2) is 18.2 Å². The number of nitrogens with zero attached hydrogens (tertiary/aromatic N) is 1. The predicted octanol–water partition coefficient (Wildman–Crippen LogP) is 5.75. The van der Waals surface area contributed by atoms with Crippen LogP contribution in [0.25, 0.3) is 0 Å². The standard InChI is InChI=1S/C22H31Cl2N4O2.2CH2/c23-18-9-8-17(20(24)12-18)14-26-22(30)28-11-10-16(15-28)13-25-21(29)27-19-6-4-2-1-3-5-7-19;;/h8-9,12,16H,1-7,10-11,13-15H2,(H,26,30)(H2,25,27,29);2*1H2. The van der Waals surface area contributed by atoms with Crippen LogP contribution >= 0.6 is 23.2 Å². The summed E-state index contributed by atoms with van der Waals surface area (Å²) in [5, 5.41) is 10.0. The Balaban J connectivity index is 0.00000256. The molecule has 5 radical (unpaired) electrons. The summed E-state index contributed by atoms with van der Waals surface area (Å²) in [4.78, 5) is 26.5. The number of rotatable bonds is 5. The number of likely N-dealkylation sites (tertiary alicyclic amines) is 1. The fourth-order valence-electron chi connectivity index (χ4n) is 4.03. The summed E-state index contributed by atoms with van der Waals surface area (Å²) in [5.74, 6) is 0.267. The third-order valence-electron chi connectivity index (χ3n) is 5.82. The molecular formula is C24H35Cl2N4O2. The molecule has 1 unspecified atom stereocenters. The van der Waals surface area contributed by atoms with Crippen molar-refractivity contribution in [2.75, 3.05) is 19.6 Å². The van der Waals surface area contributed by atoms with Crippen LogP contribution in [-0.2, 0) is 6.54 Å². The Morgan fingerprint density at radius 1 is 1.00 bits per heavy atom. The summed E-state index contributed by atoms with van der Waals surface area (Å²) in [6.45, 7) is 2.25. The SMILES string of the molecule is O=C(NCC1CCN(C(=O)NCc2ccc(Cl)cc2Cl)C1)N[C]1CCCCCCC1.[CH2].[CH2]. The fraction of sp³-hybridized carbons (Fsp3) is 0.542. The molecule has 8 heteroatoms. The number of hydrogen-bond acceptors (Lipinski definition) is 2. The largest absolute Gasteiger partial charge is 0.338 e. The van der Waals surface area contributed by atoms with Gasteiger partial charge in [0.05, 0.1) is 6.04 Å². The fourth-order valence-corrected chi connectivity index (χ4v) is 4.51. The zero-order chi connectivity index (χ0) is 21.3. The Kier molecular flexibility index (Phi) is 12.8. The molecule has 3 rings (SSSR count). The van der Waals surface area contributed by atoms with E-state index in [2.05, 4.69) is 16.0 Å². The summed E-state index contributed by atoms with van der Waals surface area (Å²) in [6, 6.07) is 6.16. The number of carbonyl (C=O) groups excluding carboxylic acids is 2. The minimum absolute atomic E-state index is 0. The first-order valence-electron chi connectivity index (χ1n) is 10.9. The molecule has 4 amide bonds. The van der Waals surface area contributed by atoms with Gasteiger partial charge in [0.2, 0.25) is 0 Å². The van der Waals surface area contributed by atoms with Crippen LogP contribution in [0.4, 0.5) is 9.59 Å². The molecule has 1 saturated carbocycles. The quantitative estimate of drug-likeness (QED) is 0.500. The highest BCUT2D eigenvalue weighted by molar-refractivity contribution is 6.35. The Hall–Kier alpha value is -1.66. The van der Waals surface area contributed by atoms with Gasteiger partial charge in [-0.2, -0.15) is 0 Å². The highest BCUT2D eigenvalue weighted by Crippen LogP contribution is 2.22. The summed E-state index contributed by atoms with van der Waals surface area (Å²) < 4.78 is 0. The molecule has 1 aliphatic carbocycles. The van der Waals surface area contributed by atoms with Gasteiger partial charge in [-0.05, 0) is 42.9 Å². The maximum atomic E-state index is 12.4. The van der Waals surface area contributed by atoms with E-state index in [4.69, 9.17) is 23.2 Å². The number of amides is 4. The van der Waals surface area contributed by atoms with E-state index in [9.17, 15) is 9.59 Å². The monoisotopic (exact) mass is 481 g/mol. The molecule has 6 nitrogen and oxygen atoms in total. The lowest BCUT2D eigenvalue weighted by molar-refractivity contribution is 0.206. The number of nitrogens with one attached hydrogen (secondary N) is 3. The molecule has 177 valence electrons. The van der Waals surface area contributed by atoms with Crippen LogP contribution < -0.4 is 16.0 Å². The zero-order valence-electron chi connectivity index (χ0n) is 18.7. The normalized spacial score (nSPS) is 19.1. The zero-order valence-corrected chi connectivity index (χ0v) is 20.2. The van der Waals surface area contributed by atoms with Crippen LogP contribution in [0, 0.1) is 26.8 Å². The van der Waals surface area contributed by atoms with Crippen LogP contribution in [-0.4, -0.2) is 36.6 Å². The van der Waals surface area contributed by atoms with Crippen molar-refractivity contribution in [2.24, 2.45) is 5.92 Å². The number of benzene rings is 1. The van der Waals surface area contributed by atoms with Crippen molar-refractivity contribution >= 4 is 35.3 Å². The highest BCUT2D eigenvalue weighted by Gasteiger charge is 2.26. The molecule has 1 saturated heterocycles. The van der Waals surface area contributed by atoms with Gasteiger partial charge < -0.3 is 20.9 Å². The second-order valence-corrected chi connectivity index (χ2v) is 9.05. The van der Waals surface area contributed by atoms with Crippen LogP contribution in [0.2, 0.25) is 10.0 Å². The molecule has 1 aliphatic heterocycles. The van der Waals surface area contributed by atoms with Gasteiger partial charge in [-0.3, -0.25) is 0 Å². The molecule has 32 heavy (non-hydrogen) atoms. The van der Waals surface area contributed by atoms with Gasteiger partial charge in [0.15, 0.2) is 0 Å². The topological polar surface area (TPSA) is 73.5 Å². The average Bonchev–Trinajstić information content (AvgIpc) is 3.17. The summed E-state index contributed by atoms with van der Waals surface area (Å²) >= 11 is 12.1. The Bertz CT molecular complexity index is 724. The van der Waals surface area contributed by atoms with Crippen LogP contribution in [0.5, 0.6) is 0 Å². The predicted molar refractivity (Wildman–Crippen MR) is 131 cm³/mol. The minimum atomic E-state index is -0.120. The van der Waals surface area contributed by atoms with E-state index in [1.807, 2.05) is 6.07 Å². The van der Waals surface area contributed by atoms with Gasteiger partial charge in [0.25, 0.3) is 0 Å². The maximum Gasteiger partial charge on any atom is 0.317 e. The Labute approximate surface area is 203 Å². The first kappa shape index (κ1) is 28.4. The van der Waals surface area contributed by atoms with E-state index >= 15 is 0 Å². The number of urea groups is 2. The van der Waals surface area contributed by atoms with Gasteiger partial charge in [-0.1, -0.05) is 76.2 Å². The third kappa shape index (κ3) is 9.07. The Morgan fingerprint density at radius 3 is 2.38 bits per heavy atom. The highest BCUT2D eigenvalue weighted by atomic mass is 35.5. The maximum absolute atomic E-state index is 12.4. The van der Waals surface area contributed by atoms with Crippen LogP contribution in [0.1, 0.15) is 56.9 Å². The summed E-state index contributed by atoms with van der Waals surface area (Å²) in [7, 11) is 0. The van der Waals surface area contributed by atoms with Gasteiger partial charge >= 0.3 is 12.1 Å². The summed E-state index contributed by atoms with van der Waals surface area (Å²) in [5.41, 5.74) is 0.829. The van der Waals surface area contributed by atoms with Crippen molar-refractivity contribution in [3.8, 4) is 0 Å². The lowest BCUT2D eigenvalue weighted by Gasteiger charge is -2.21. The molecule has 1 aromatic carbocycles. The van der Waals surface area contributed by atoms with Crippen molar-refractivity contribution < 1.29 is 9.59 Å². The van der Waals surface area contributed by atoms with Gasteiger partial charge in [0, 0.05) is 36.2 Å². The number of hydrogen-bond donors (Lipinski definition) is 3. The van der Waals surface area contributed by atoms with Gasteiger partial charge in [0.1, 0.15) is 0 Å². The molecule has 0 spiro atoms. The van der Waals surface area contributed by atoms with E-state index in [1.165, 1.54) is 19.3 Å². The molecule has 0 aromatic heterocycles. The second-order valence-electron chi connectivity index (χ2n) is 8.20. The van der Waals surface area contributed by atoms with Crippen molar-refractivity contribution in [1.82, 2.24) is 20.9 Å². The molecule has 0 bridgehead atoms. The second kappa shape index (κ2) is 14.5. The first-order chi connectivity index (χ1) is 14.5. The van der Waals surface area contributed by atoms with Crippen molar-refractivity contribution in [3.05, 3.63) is 54.7 Å². The van der Waals surface area contributed by atoms with E-state index in [0.717, 1.165) is 43.7 Å². The van der Waals surface area contributed by atoms with E-state index < -0.39 is 0 Å². The number of carbonyl (C=O) groups is 2. The molecule has 1 heterocycles. The molecule has 1 aromatic rings. The van der Waals surface area contributed by atoms with E-state index in [1.54, 1.807) is 17.0 Å². The summed E-state index contributed by atoms with van der Waals surface area (Å²) in [6.07, 6.45) is 8.97. The third-order valence-corrected chi connectivity index (χ3v) is 6.40. The Morgan fingerprint density at radius 2 is 1.69 bits per heavy atom. The molecule has 3 N–H and O–H groups in total. The van der Waals surface area contributed by atoms with Crippen molar-refractivity contribution in [1.29, 1.82) is 0 Å². The lowest BCUT2D eigenvalue weighted by atomic mass is 9.97. The van der Waals surface area contributed by atoms with Crippen molar-refractivity contribution in [3.63, 3.8) is 0 Å². The number of halogens is 2. The minimum Gasteiger partial charge on any atom is -0.338 e. The molecular weight excluding hydrogens is 447 g/mol. The molecule has 2 fully saturated rings. The van der Waals surface area contributed by atoms with E-state index in [0.29, 0.717) is 36.2 Å². The van der Waals surface area contributed by atoms with E-state index in [-0.39, 0.29) is 32.8 Å². The smallest absolute Gasteiger partial charge is 0.317 e. The van der Waals surface area contributed by atoms with Gasteiger partial charge in [-0.25, -0.2) is 9.59 Å². The molecule has 2 aliphatic rings. The van der Waals surface area contributed by atoms with Crippen LogP contribution in [0.3, 0.4) is 0 Å².